The largest absolute Gasteiger partial charge is 0.504 e. The van der Waals surface area contributed by atoms with E-state index in [1.165, 1.54) is 30.1 Å². The van der Waals surface area contributed by atoms with Gasteiger partial charge in [0, 0.05) is 48.8 Å². The zero-order valence-electron chi connectivity index (χ0n) is 21.4. The van der Waals surface area contributed by atoms with Crippen LogP contribution >= 0.6 is 11.6 Å². The highest BCUT2D eigenvalue weighted by molar-refractivity contribution is 6.31. The number of nitrogens with zero attached hydrogens (tertiary/aromatic N) is 7. The van der Waals surface area contributed by atoms with Crippen LogP contribution in [0.1, 0.15) is 22.8 Å². The Hall–Kier alpha value is -4.65. The van der Waals surface area contributed by atoms with Gasteiger partial charge in [0.1, 0.15) is 5.82 Å². The van der Waals surface area contributed by atoms with E-state index in [0.29, 0.717) is 38.8 Å². The number of carbonyl (C=O) groups excluding carboxylic acids is 2. The number of hydrogen-bond acceptors (Lipinski definition) is 6. The van der Waals surface area contributed by atoms with E-state index in [4.69, 9.17) is 17.3 Å². The normalized spacial score (nSPS) is 11.8. The van der Waals surface area contributed by atoms with Gasteiger partial charge in [-0.25, -0.2) is 9.99 Å². The van der Waals surface area contributed by atoms with Crippen molar-refractivity contribution in [2.24, 2.45) is 7.05 Å². The van der Waals surface area contributed by atoms with Crippen LogP contribution in [0.3, 0.4) is 0 Å². The SMILES string of the molecule is CC(=O)N(C)N(Cc1ccc(-c2cnn(C(F)(F)F)c2)cc1Cl)C(=O)c1ccc2nc(N)c3cnn(C)c3c2c1. The van der Waals surface area contributed by atoms with Gasteiger partial charge in [0.05, 0.1) is 35.4 Å². The summed E-state index contributed by atoms with van der Waals surface area (Å²) in [5.41, 5.74) is 8.72. The average molecular weight is 571 g/mol. The molecule has 0 saturated heterocycles. The molecule has 0 atom stereocenters. The van der Waals surface area contributed by atoms with Gasteiger partial charge in [-0.2, -0.15) is 14.9 Å². The van der Waals surface area contributed by atoms with Crippen LogP contribution in [0.5, 0.6) is 0 Å². The summed E-state index contributed by atoms with van der Waals surface area (Å²) in [6.45, 7) is 1.23. The maximum Gasteiger partial charge on any atom is 0.504 e. The Bertz CT molecular complexity index is 1800. The monoisotopic (exact) mass is 570 g/mol. The van der Waals surface area contributed by atoms with Crippen LogP contribution in [0.4, 0.5) is 19.0 Å². The van der Waals surface area contributed by atoms with Crippen molar-refractivity contribution in [3.05, 3.63) is 71.1 Å². The number of anilines is 1. The third-order valence-corrected chi connectivity index (χ3v) is 6.91. The summed E-state index contributed by atoms with van der Waals surface area (Å²) in [4.78, 5) is 30.5. The molecule has 40 heavy (non-hydrogen) atoms. The lowest BCUT2D eigenvalue weighted by atomic mass is 10.1. The van der Waals surface area contributed by atoms with Gasteiger partial charge in [0.2, 0.25) is 5.91 Å². The molecular formula is C26H22ClF3N8O2. The van der Waals surface area contributed by atoms with E-state index in [1.54, 1.807) is 48.3 Å². The predicted molar refractivity (Wildman–Crippen MR) is 143 cm³/mol. The molecule has 3 aromatic heterocycles. The van der Waals surface area contributed by atoms with Crippen LogP contribution < -0.4 is 5.73 Å². The molecule has 0 spiro atoms. The lowest BCUT2D eigenvalue weighted by molar-refractivity contribution is -0.212. The molecule has 0 radical (unpaired) electrons. The summed E-state index contributed by atoms with van der Waals surface area (Å²) in [6.07, 6.45) is -1.11. The van der Waals surface area contributed by atoms with Gasteiger partial charge in [-0.1, -0.05) is 23.7 Å². The van der Waals surface area contributed by atoms with Crippen molar-refractivity contribution in [2.45, 2.75) is 19.8 Å². The average Bonchev–Trinajstić information content (AvgIpc) is 3.55. The maximum atomic E-state index is 13.8. The first-order valence-corrected chi connectivity index (χ1v) is 12.2. The fraction of sp³-hybridized carbons (Fsp3) is 0.192. The third-order valence-electron chi connectivity index (χ3n) is 6.56. The number of pyridine rings is 1. The van der Waals surface area contributed by atoms with Crippen molar-refractivity contribution in [3.8, 4) is 11.1 Å². The Morgan fingerprint density at radius 2 is 1.80 bits per heavy atom. The van der Waals surface area contributed by atoms with Gasteiger partial charge in [-0.15, -0.1) is 13.2 Å². The minimum atomic E-state index is -4.64. The highest BCUT2D eigenvalue weighted by atomic mass is 35.5. The number of benzene rings is 2. The van der Waals surface area contributed by atoms with Crippen LogP contribution in [0.2, 0.25) is 5.02 Å². The molecule has 3 heterocycles. The molecule has 2 aromatic carbocycles. The Kier molecular flexibility index (Phi) is 6.62. The number of halogens is 4. The second-order valence-corrected chi connectivity index (χ2v) is 9.52. The number of amides is 2. The molecule has 10 nitrogen and oxygen atoms in total. The summed E-state index contributed by atoms with van der Waals surface area (Å²) in [5.74, 6) is -0.570. The Labute approximate surface area is 230 Å². The number of hydrogen-bond donors (Lipinski definition) is 1. The fourth-order valence-electron chi connectivity index (χ4n) is 4.35. The number of hydrazine groups is 1. The van der Waals surface area contributed by atoms with Crippen LogP contribution in [0.25, 0.3) is 32.9 Å². The van der Waals surface area contributed by atoms with Crippen molar-refractivity contribution >= 4 is 51.0 Å². The maximum absolute atomic E-state index is 13.8. The Morgan fingerprint density at radius 1 is 1.05 bits per heavy atom. The predicted octanol–water partition coefficient (Wildman–Crippen LogP) is 4.73. The standard InChI is InChI=1S/C26H22ClF3N8O2/c1-14(39)36(3)37(12-17-5-4-15(9-21(17)27)18-10-33-38(13-18)26(28,29)30)25(40)16-6-7-22-19(8-16)23-20(24(31)34-22)11-32-35(23)2/h4-11,13H,12H2,1-3H3,(H2,31,34). The lowest BCUT2D eigenvalue weighted by Gasteiger charge is -2.31. The lowest BCUT2D eigenvalue weighted by Crippen LogP contribution is -2.46. The molecule has 2 N–H and O–H groups in total. The molecule has 0 fully saturated rings. The smallest absolute Gasteiger partial charge is 0.383 e. The first-order chi connectivity index (χ1) is 18.8. The van der Waals surface area contributed by atoms with E-state index in [-0.39, 0.29) is 27.4 Å². The van der Waals surface area contributed by atoms with Gasteiger partial charge >= 0.3 is 6.30 Å². The third kappa shape index (κ3) is 4.79. The van der Waals surface area contributed by atoms with Gasteiger partial charge in [-0.3, -0.25) is 19.3 Å². The Balaban J connectivity index is 1.50. The van der Waals surface area contributed by atoms with E-state index in [0.717, 1.165) is 12.4 Å². The number of nitrogen functional groups attached to an aromatic ring is 1. The number of alkyl halides is 3. The highest BCUT2D eigenvalue weighted by Gasteiger charge is 2.32. The Morgan fingerprint density at radius 3 is 2.45 bits per heavy atom. The second kappa shape index (κ2) is 9.83. The quantitative estimate of drug-likeness (QED) is 0.312. The van der Waals surface area contributed by atoms with Gasteiger partial charge in [0.25, 0.3) is 5.91 Å². The number of rotatable bonds is 4. The van der Waals surface area contributed by atoms with Crippen LogP contribution in [0.15, 0.2) is 55.0 Å². The summed E-state index contributed by atoms with van der Waals surface area (Å²) in [7, 11) is 3.21. The summed E-state index contributed by atoms with van der Waals surface area (Å²) in [5, 5.41) is 11.5. The minimum absolute atomic E-state index is 0.0883. The molecule has 0 aliphatic heterocycles. The van der Waals surface area contributed by atoms with E-state index in [1.807, 2.05) is 0 Å². The first-order valence-electron chi connectivity index (χ1n) is 11.8. The molecule has 0 saturated carbocycles. The van der Waals surface area contributed by atoms with E-state index in [9.17, 15) is 22.8 Å². The fourth-order valence-corrected chi connectivity index (χ4v) is 4.59. The van der Waals surface area contributed by atoms with Crippen molar-refractivity contribution in [1.82, 2.24) is 34.6 Å². The number of fused-ring (bicyclic) bond motifs is 3. The van der Waals surface area contributed by atoms with E-state index >= 15 is 0 Å². The molecule has 5 aromatic rings. The van der Waals surface area contributed by atoms with Crippen molar-refractivity contribution in [2.75, 3.05) is 12.8 Å². The number of aryl methyl sites for hydroxylation is 1. The molecule has 5 rings (SSSR count). The topological polar surface area (TPSA) is 115 Å². The number of aromatic nitrogens is 5. The molecule has 0 unspecified atom stereocenters. The molecule has 0 aliphatic rings. The summed E-state index contributed by atoms with van der Waals surface area (Å²) >= 11 is 6.50. The summed E-state index contributed by atoms with van der Waals surface area (Å²) in [6, 6.07) is 9.56. The van der Waals surface area contributed by atoms with E-state index < -0.39 is 18.1 Å². The van der Waals surface area contributed by atoms with Crippen LogP contribution in [0, 0.1) is 0 Å². The zero-order valence-corrected chi connectivity index (χ0v) is 22.2. The van der Waals surface area contributed by atoms with Crippen molar-refractivity contribution in [1.29, 1.82) is 0 Å². The molecule has 14 heteroatoms. The number of carbonyl (C=O) groups is 2. The molecule has 0 aliphatic carbocycles. The molecule has 206 valence electrons. The van der Waals surface area contributed by atoms with Crippen LogP contribution in [-0.4, -0.2) is 53.4 Å². The van der Waals surface area contributed by atoms with E-state index in [2.05, 4.69) is 15.2 Å². The minimum Gasteiger partial charge on any atom is -0.383 e. The van der Waals surface area contributed by atoms with Crippen molar-refractivity contribution < 1.29 is 22.8 Å². The molecule has 0 bridgehead atoms. The number of nitrogens with two attached hydrogens (primary N) is 1. The first kappa shape index (κ1) is 26.9. The molecular weight excluding hydrogens is 549 g/mol. The summed E-state index contributed by atoms with van der Waals surface area (Å²) < 4.78 is 40.4. The molecule has 2 amide bonds. The van der Waals surface area contributed by atoms with Crippen molar-refractivity contribution in [3.63, 3.8) is 0 Å². The van der Waals surface area contributed by atoms with Gasteiger partial charge < -0.3 is 5.73 Å². The van der Waals surface area contributed by atoms with Gasteiger partial charge in [0.15, 0.2) is 0 Å². The highest BCUT2D eigenvalue weighted by Crippen LogP contribution is 2.31. The van der Waals surface area contributed by atoms with Gasteiger partial charge in [-0.05, 0) is 35.4 Å². The van der Waals surface area contributed by atoms with Crippen LogP contribution in [-0.2, 0) is 24.7 Å². The second-order valence-electron chi connectivity index (χ2n) is 9.11. The zero-order chi connectivity index (χ0) is 28.9.